The Morgan fingerprint density at radius 2 is 0.759 bits per heavy atom. The average Bonchev–Trinajstić information content (AvgIpc) is 3.47. The van der Waals surface area contributed by atoms with Gasteiger partial charge in [-0.2, -0.15) is 0 Å². The molecule has 0 saturated carbocycles. The zero-order chi connectivity index (χ0) is 56.2. The molecule has 0 aliphatic carbocycles. The van der Waals surface area contributed by atoms with Crippen LogP contribution in [0.2, 0.25) is 0 Å². The summed E-state index contributed by atoms with van der Waals surface area (Å²) in [4.78, 5) is 78.5. The Morgan fingerprint density at radius 3 is 1.20 bits per heavy atom. The quantitative estimate of drug-likeness (QED) is 0.0285. The standard InChI is InChI=1S/C35H40N2O8.C29H32O5/c1-3-4-5-6-25-42-32(38)19-20-33(39)43-29-13-7-26(8-14-29)34(40)44-30-15-9-27(10-16-30)35(41)45-31-17-11-28(12-18-31)37-23-21-36(2)22-24-37;1-3-5-6-7-8-9-22-10-12-23(13-11-22)28(30)33-26-18-20-27(21-19-26)34-29(31)24-14-16-25(17-15-24)32-4-2/h7-18H,3-6,19-25H2,1-2H3;10-21H,3-9H2,1-2H3. The normalized spacial score (nSPS) is 12.0. The highest BCUT2D eigenvalue weighted by Crippen LogP contribution is 2.25. The van der Waals surface area contributed by atoms with Gasteiger partial charge < -0.3 is 43.0 Å². The summed E-state index contributed by atoms with van der Waals surface area (Å²) in [7, 11) is 2.11. The molecular formula is C64H72N2O13. The first-order valence-corrected chi connectivity index (χ1v) is 27.3. The lowest BCUT2D eigenvalue weighted by atomic mass is 10.0. The highest BCUT2D eigenvalue weighted by atomic mass is 16.6. The molecule has 15 heteroatoms. The number of rotatable bonds is 26. The zero-order valence-corrected chi connectivity index (χ0v) is 45.8. The molecule has 1 aliphatic rings. The molecule has 0 atom stereocenters. The molecule has 1 heterocycles. The fourth-order valence-electron chi connectivity index (χ4n) is 8.12. The highest BCUT2D eigenvalue weighted by Gasteiger charge is 2.18. The van der Waals surface area contributed by atoms with Crippen molar-refractivity contribution in [2.24, 2.45) is 0 Å². The van der Waals surface area contributed by atoms with Crippen molar-refractivity contribution in [1.29, 1.82) is 0 Å². The van der Waals surface area contributed by atoms with Gasteiger partial charge in [-0.25, -0.2) is 19.2 Å². The predicted octanol–water partition coefficient (Wildman–Crippen LogP) is 12.7. The SMILES string of the molecule is CCCCCCCc1ccc(C(=O)Oc2ccc(OC(=O)c3ccc(OCC)cc3)cc2)cc1.CCCCCCOC(=O)CCC(=O)Oc1ccc(C(=O)Oc2ccc(C(=O)Oc3ccc(N4CCN(C)CC4)cc3)cc2)cc1. The number of hydrogen-bond donors (Lipinski definition) is 0. The lowest BCUT2D eigenvalue weighted by molar-refractivity contribution is -0.147. The topological polar surface area (TPSA) is 174 Å². The molecule has 0 bridgehead atoms. The Hall–Kier alpha value is -8.30. The van der Waals surface area contributed by atoms with Crippen molar-refractivity contribution < 1.29 is 61.9 Å². The molecule has 6 aromatic carbocycles. The number of nitrogens with zero attached hydrogens (tertiary/aromatic N) is 2. The summed E-state index contributed by atoms with van der Waals surface area (Å²) in [5.41, 5.74) is 3.79. The van der Waals surface area contributed by atoms with Crippen LogP contribution in [0.3, 0.4) is 0 Å². The Kier molecular flexibility index (Phi) is 24.6. The van der Waals surface area contributed by atoms with Crippen LogP contribution in [0.25, 0.3) is 0 Å². The summed E-state index contributed by atoms with van der Waals surface area (Å²) in [5, 5.41) is 0. The van der Waals surface area contributed by atoms with Crippen LogP contribution in [-0.2, 0) is 20.7 Å². The molecule has 6 aromatic rings. The van der Waals surface area contributed by atoms with Crippen LogP contribution in [0.4, 0.5) is 5.69 Å². The first kappa shape index (κ1) is 59.9. The van der Waals surface area contributed by atoms with Crippen molar-refractivity contribution >= 4 is 41.5 Å². The summed E-state index contributed by atoms with van der Waals surface area (Å²) < 4.78 is 37.5. The van der Waals surface area contributed by atoms with Crippen molar-refractivity contribution in [3.63, 3.8) is 0 Å². The molecule has 0 radical (unpaired) electrons. The van der Waals surface area contributed by atoms with Gasteiger partial charge in [0.05, 0.1) is 48.3 Å². The maximum Gasteiger partial charge on any atom is 0.343 e. The summed E-state index contributed by atoms with van der Waals surface area (Å²) in [6.45, 7) is 11.1. The van der Waals surface area contributed by atoms with Crippen LogP contribution in [0.15, 0.2) is 146 Å². The molecule has 0 unspecified atom stereocenters. The van der Waals surface area contributed by atoms with Crippen LogP contribution < -0.4 is 33.3 Å². The fraction of sp³-hybridized carbons (Fsp3) is 0.344. The number of ether oxygens (including phenoxy) is 7. The van der Waals surface area contributed by atoms with Crippen LogP contribution >= 0.6 is 0 Å². The first-order chi connectivity index (χ1) is 38.4. The molecule has 1 aliphatic heterocycles. The Balaban J connectivity index is 0.000000265. The Bertz CT molecular complexity index is 2840. The number of carbonyl (C=O) groups excluding carboxylic acids is 6. The number of carbonyl (C=O) groups is 6. The van der Waals surface area contributed by atoms with Gasteiger partial charge in [0, 0.05) is 31.9 Å². The molecule has 1 saturated heterocycles. The van der Waals surface area contributed by atoms with Crippen LogP contribution in [-0.4, -0.2) is 87.2 Å². The molecule has 0 amide bonds. The number of unbranched alkanes of at least 4 members (excludes halogenated alkanes) is 7. The van der Waals surface area contributed by atoms with E-state index in [0.717, 1.165) is 64.0 Å². The minimum Gasteiger partial charge on any atom is -0.494 e. The number of piperazine rings is 1. The lowest BCUT2D eigenvalue weighted by Crippen LogP contribution is -2.44. The Morgan fingerprint density at radius 1 is 0.392 bits per heavy atom. The summed E-state index contributed by atoms with van der Waals surface area (Å²) in [5.74, 6) is -0.676. The minimum atomic E-state index is -0.620. The van der Waals surface area contributed by atoms with Crippen molar-refractivity contribution in [2.45, 2.75) is 97.8 Å². The second-order valence-corrected chi connectivity index (χ2v) is 18.9. The average molecular weight is 1080 g/mol. The van der Waals surface area contributed by atoms with E-state index in [1.54, 1.807) is 72.8 Å². The van der Waals surface area contributed by atoms with E-state index in [9.17, 15) is 28.8 Å². The van der Waals surface area contributed by atoms with Gasteiger partial charge >= 0.3 is 35.8 Å². The molecule has 79 heavy (non-hydrogen) atoms. The molecule has 15 nitrogen and oxygen atoms in total. The molecule has 416 valence electrons. The molecule has 1 fully saturated rings. The van der Waals surface area contributed by atoms with Crippen molar-refractivity contribution in [1.82, 2.24) is 4.90 Å². The molecule has 7 rings (SSSR count). The smallest absolute Gasteiger partial charge is 0.343 e. The molecular weight excluding hydrogens is 1000 g/mol. The third kappa shape index (κ3) is 20.9. The van der Waals surface area contributed by atoms with Crippen LogP contribution in [0.5, 0.6) is 34.5 Å². The first-order valence-electron chi connectivity index (χ1n) is 27.3. The van der Waals surface area contributed by atoms with Gasteiger partial charge in [0.2, 0.25) is 0 Å². The van der Waals surface area contributed by atoms with Gasteiger partial charge in [0.25, 0.3) is 0 Å². The van der Waals surface area contributed by atoms with E-state index in [1.165, 1.54) is 86.2 Å². The van der Waals surface area contributed by atoms with Crippen molar-refractivity contribution in [3.8, 4) is 34.5 Å². The van der Waals surface area contributed by atoms with Gasteiger partial charge in [0.15, 0.2) is 0 Å². The predicted molar refractivity (Wildman–Crippen MR) is 302 cm³/mol. The molecule has 0 aromatic heterocycles. The number of hydrogen-bond acceptors (Lipinski definition) is 15. The second-order valence-electron chi connectivity index (χ2n) is 18.9. The second kappa shape index (κ2) is 32.4. The molecule has 0 N–H and O–H groups in total. The number of likely N-dealkylation sites (N-methyl/N-ethyl adjacent to an activating group) is 1. The maximum absolute atomic E-state index is 12.6. The van der Waals surface area contributed by atoms with Crippen molar-refractivity contribution in [2.75, 3.05) is 51.3 Å². The zero-order valence-electron chi connectivity index (χ0n) is 45.8. The number of aryl methyl sites for hydroxylation is 1. The summed E-state index contributed by atoms with van der Waals surface area (Å²) >= 11 is 0. The number of benzene rings is 6. The third-order valence-electron chi connectivity index (χ3n) is 12.7. The maximum atomic E-state index is 12.6. The summed E-state index contributed by atoms with van der Waals surface area (Å²) in [6.07, 6.45) is 11.1. The van der Waals surface area contributed by atoms with E-state index in [-0.39, 0.29) is 29.9 Å². The summed E-state index contributed by atoms with van der Waals surface area (Å²) in [6, 6.07) is 40.1. The van der Waals surface area contributed by atoms with Crippen LogP contribution in [0, 0.1) is 0 Å². The Labute approximate surface area is 463 Å². The highest BCUT2D eigenvalue weighted by molar-refractivity contribution is 5.93. The number of esters is 6. The van der Waals surface area contributed by atoms with Gasteiger partial charge in [-0.1, -0.05) is 70.9 Å². The van der Waals surface area contributed by atoms with Crippen molar-refractivity contribution in [3.05, 3.63) is 173 Å². The largest absolute Gasteiger partial charge is 0.494 e. The van der Waals surface area contributed by atoms with E-state index >= 15 is 0 Å². The van der Waals surface area contributed by atoms with Gasteiger partial charge in [-0.05, 0) is 172 Å². The monoisotopic (exact) mass is 1080 g/mol. The van der Waals surface area contributed by atoms with Crippen LogP contribution in [0.1, 0.15) is 138 Å². The van der Waals surface area contributed by atoms with E-state index < -0.39 is 35.8 Å². The van der Waals surface area contributed by atoms with Gasteiger partial charge in [-0.3, -0.25) is 9.59 Å². The van der Waals surface area contributed by atoms with E-state index in [0.29, 0.717) is 52.9 Å². The van der Waals surface area contributed by atoms with E-state index in [1.807, 2.05) is 31.2 Å². The van der Waals surface area contributed by atoms with E-state index in [2.05, 4.69) is 30.7 Å². The lowest BCUT2D eigenvalue weighted by Gasteiger charge is -2.34. The van der Waals surface area contributed by atoms with Gasteiger partial charge in [0.1, 0.15) is 34.5 Å². The third-order valence-corrected chi connectivity index (χ3v) is 12.7. The number of anilines is 1. The van der Waals surface area contributed by atoms with Gasteiger partial charge in [-0.15, -0.1) is 0 Å². The minimum absolute atomic E-state index is 0.0577. The molecule has 0 spiro atoms. The fourth-order valence-corrected chi connectivity index (χ4v) is 8.12. The van der Waals surface area contributed by atoms with E-state index in [4.69, 9.17) is 33.2 Å².